The first-order valence-electron chi connectivity index (χ1n) is 11.2. The number of ketones is 1. The van der Waals surface area contributed by atoms with Gasteiger partial charge in [0.05, 0.1) is 41.1 Å². The summed E-state index contributed by atoms with van der Waals surface area (Å²) in [5.74, 6) is -3.86. The molecule has 1 fully saturated rings. The minimum Gasteiger partial charge on any atom is -0.507 e. The summed E-state index contributed by atoms with van der Waals surface area (Å²) in [5.41, 5.74) is 1.02. The number of carbonyl (C=O) groups excluding carboxylic acids is 2. The normalized spacial score (nSPS) is 16.9. The number of hydrogen-bond acceptors (Lipinski definition) is 7. The monoisotopic (exact) mass is 556 g/mol. The number of aliphatic hydroxyl groups excluding tert-OH is 1. The number of halogens is 3. The van der Waals surface area contributed by atoms with E-state index in [0.717, 1.165) is 27.9 Å². The standard InChI is InChI=1S/C27H19ClF2N2O5S/c1-12-5-4-6-13(7-12)23-21(24(33)15-10-19(37-3)16(28)11-18(15)36-2)25(34)26(35)32(23)27-31-22-17(30)8-14(29)9-20(22)38-27/h4-11,23,33H,1-3H3/b24-21+. The number of aromatic nitrogens is 1. The molecule has 1 aliphatic heterocycles. The van der Waals surface area contributed by atoms with E-state index in [-0.39, 0.29) is 43.0 Å². The predicted molar refractivity (Wildman–Crippen MR) is 140 cm³/mol. The molecule has 1 atom stereocenters. The number of ether oxygens (including phenoxy) is 2. The highest BCUT2D eigenvalue weighted by Crippen LogP contribution is 2.46. The number of rotatable bonds is 5. The lowest BCUT2D eigenvalue weighted by atomic mass is 9.94. The number of thiazole rings is 1. The second-order valence-electron chi connectivity index (χ2n) is 8.50. The van der Waals surface area contributed by atoms with Crippen LogP contribution in [0.1, 0.15) is 22.7 Å². The Balaban J connectivity index is 1.78. The van der Waals surface area contributed by atoms with E-state index >= 15 is 0 Å². The van der Waals surface area contributed by atoms with E-state index in [4.69, 9.17) is 21.1 Å². The molecular formula is C27H19ClF2N2O5S. The van der Waals surface area contributed by atoms with Gasteiger partial charge in [0.15, 0.2) is 10.9 Å². The molecule has 2 heterocycles. The molecule has 1 amide bonds. The molecule has 1 aliphatic rings. The molecule has 11 heteroatoms. The number of aliphatic hydroxyl groups is 1. The molecule has 0 aliphatic carbocycles. The van der Waals surface area contributed by atoms with E-state index in [0.29, 0.717) is 11.6 Å². The molecule has 194 valence electrons. The second-order valence-corrected chi connectivity index (χ2v) is 9.92. The van der Waals surface area contributed by atoms with Crippen molar-refractivity contribution < 1.29 is 33.0 Å². The van der Waals surface area contributed by atoms with E-state index in [1.807, 2.05) is 13.0 Å². The Morgan fingerprint density at radius 1 is 1.08 bits per heavy atom. The van der Waals surface area contributed by atoms with Crippen molar-refractivity contribution in [1.29, 1.82) is 0 Å². The first-order valence-corrected chi connectivity index (χ1v) is 12.4. The minimum absolute atomic E-state index is 0.0298. The topological polar surface area (TPSA) is 89.0 Å². The number of methoxy groups -OCH3 is 2. The Morgan fingerprint density at radius 2 is 1.82 bits per heavy atom. The highest BCUT2D eigenvalue weighted by atomic mass is 35.5. The molecular weight excluding hydrogens is 538 g/mol. The zero-order valence-corrected chi connectivity index (χ0v) is 21.8. The van der Waals surface area contributed by atoms with Crippen molar-refractivity contribution in [2.45, 2.75) is 13.0 Å². The van der Waals surface area contributed by atoms with Crippen LogP contribution in [0.3, 0.4) is 0 Å². The summed E-state index contributed by atoms with van der Waals surface area (Å²) in [4.78, 5) is 32.2. The fourth-order valence-corrected chi connectivity index (χ4v) is 5.69. The maximum absolute atomic E-state index is 14.5. The number of benzene rings is 3. The highest BCUT2D eigenvalue weighted by Gasteiger charge is 2.48. The third-order valence-electron chi connectivity index (χ3n) is 6.14. The molecule has 0 radical (unpaired) electrons. The number of nitrogens with zero attached hydrogens (tertiary/aromatic N) is 2. The molecule has 1 saturated heterocycles. The van der Waals surface area contributed by atoms with Gasteiger partial charge in [0, 0.05) is 12.1 Å². The predicted octanol–water partition coefficient (Wildman–Crippen LogP) is 6.18. The maximum atomic E-state index is 14.5. The van der Waals surface area contributed by atoms with Crippen LogP contribution in [0.5, 0.6) is 11.5 Å². The molecule has 1 N–H and O–H groups in total. The van der Waals surface area contributed by atoms with Gasteiger partial charge < -0.3 is 14.6 Å². The summed E-state index contributed by atoms with van der Waals surface area (Å²) in [5, 5.41) is 11.7. The summed E-state index contributed by atoms with van der Waals surface area (Å²) in [6.07, 6.45) is 0. The minimum atomic E-state index is -1.13. The van der Waals surface area contributed by atoms with Gasteiger partial charge in [0.25, 0.3) is 5.78 Å². The van der Waals surface area contributed by atoms with Crippen molar-refractivity contribution in [3.63, 3.8) is 0 Å². The zero-order chi connectivity index (χ0) is 27.3. The van der Waals surface area contributed by atoms with Gasteiger partial charge >= 0.3 is 5.91 Å². The van der Waals surface area contributed by atoms with Crippen LogP contribution in [0.15, 0.2) is 54.1 Å². The van der Waals surface area contributed by atoms with E-state index in [1.165, 1.54) is 26.4 Å². The fourth-order valence-electron chi connectivity index (χ4n) is 4.42. The Hall–Kier alpha value is -4.02. The summed E-state index contributed by atoms with van der Waals surface area (Å²) >= 11 is 7.06. The van der Waals surface area contributed by atoms with E-state index in [2.05, 4.69) is 4.98 Å². The Labute approximate surface area is 224 Å². The summed E-state index contributed by atoms with van der Waals surface area (Å²) in [6.45, 7) is 1.83. The average molecular weight is 557 g/mol. The molecule has 5 rings (SSSR count). The lowest BCUT2D eigenvalue weighted by Crippen LogP contribution is -2.29. The average Bonchev–Trinajstić information content (AvgIpc) is 3.42. The van der Waals surface area contributed by atoms with Crippen molar-refractivity contribution in [2.24, 2.45) is 0 Å². The van der Waals surface area contributed by atoms with Crippen LogP contribution in [0.25, 0.3) is 16.0 Å². The van der Waals surface area contributed by atoms with Gasteiger partial charge in [0.2, 0.25) is 0 Å². The van der Waals surface area contributed by atoms with Crippen LogP contribution in [0.2, 0.25) is 5.02 Å². The first kappa shape index (κ1) is 25.6. The summed E-state index contributed by atoms with van der Waals surface area (Å²) < 4.78 is 39.1. The van der Waals surface area contributed by atoms with Gasteiger partial charge in [0.1, 0.15) is 28.6 Å². The lowest BCUT2D eigenvalue weighted by Gasteiger charge is -2.23. The van der Waals surface area contributed by atoms with E-state index in [1.54, 1.807) is 18.2 Å². The van der Waals surface area contributed by atoms with Gasteiger partial charge in [-0.15, -0.1) is 0 Å². The van der Waals surface area contributed by atoms with Crippen molar-refractivity contribution >= 4 is 55.7 Å². The number of Topliss-reactive ketones (excluding diaryl/α,β-unsaturated/α-hetero) is 1. The van der Waals surface area contributed by atoms with Crippen LogP contribution in [-0.4, -0.2) is 36.0 Å². The quantitative estimate of drug-likeness (QED) is 0.179. The smallest absolute Gasteiger partial charge is 0.301 e. The van der Waals surface area contributed by atoms with Crippen molar-refractivity contribution in [1.82, 2.24) is 4.98 Å². The molecule has 0 bridgehead atoms. The summed E-state index contributed by atoms with van der Waals surface area (Å²) in [6, 6.07) is 10.5. The number of fused-ring (bicyclic) bond motifs is 1. The lowest BCUT2D eigenvalue weighted by molar-refractivity contribution is -0.132. The van der Waals surface area contributed by atoms with Gasteiger partial charge in [-0.3, -0.25) is 14.5 Å². The first-order chi connectivity index (χ1) is 18.1. The molecule has 38 heavy (non-hydrogen) atoms. The summed E-state index contributed by atoms with van der Waals surface area (Å²) in [7, 11) is 2.75. The number of aryl methyl sites for hydroxylation is 1. The highest BCUT2D eigenvalue weighted by molar-refractivity contribution is 7.22. The maximum Gasteiger partial charge on any atom is 0.301 e. The Kier molecular flexibility index (Phi) is 6.54. The molecule has 0 saturated carbocycles. The van der Waals surface area contributed by atoms with Crippen LogP contribution in [0, 0.1) is 18.6 Å². The van der Waals surface area contributed by atoms with E-state index < -0.39 is 35.1 Å². The number of amides is 1. The third kappa shape index (κ3) is 4.15. The van der Waals surface area contributed by atoms with Gasteiger partial charge in [-0.2, -0.15) is 0 Å². The number of anilines is 1. The van der Waals surface area contributed by atoms with Crippen molar-refractivity contribution in [2.75, 3.05) is 19.1 Å². The second kappa shape index (κ2) is 9.70. The van der Waals surface area contributed by atoms with Gasteiger partial charge in [-0.1, -0.05) is 52.8 Å². The molecule has 4 aromatic rings. The van der Waals surface area contributed by atoms with Crippen LogP contribution in [-0.2, 0) is 9.59 Å². The molecule has 7 nitrogen and oxygen atoms in total. The molecule has 1 aromatic heterocycles. The Morgan fingerprint density at radius 3 is 2.50 bits per heavy atom. The van der Waals surface area contributed by atoms with Crippen molar-refractivity contribution in [3.05, 3.63) is 87.5 Å². The van der Waals surface area contributed by atoms with Crippen molar-refractivity contribution in [3.8, 4) is 11.5 Å². The SMILES string of the molecule is COc1cc(/C(O)=C2\C(=O)C(=O)N(c3nc4c(F)cc(F)cc4s3)C2c2cccc(C)c2)c(OC)cc1Cl. The molecule has 0 spiro atoms. The largest absolute Gasteiger partial charge is 0.507 e. The number of carbonyl (C=O) groups is 2. The number of hydrogen-bond donors (Lipinski definition) is 1. The van der Waals surface area contributed by atoms with Gasteiger partial charge in [-0.25, -0.2) is 13.8 Å². The molecule has 3 aromatic carbocycles. The van der Waals surface area contributed by atoms with Crippen LogP contribution in [0.4, 0.5) is 13.9 Å². The van der Waals surface area contributed by atoms with Crippen LogP contribution < -0.4 is 14.4 Å². The third-order valence-corrected chi connectivity index (χ3v) is 7.44. The zero-order valence-electron chi connectivity index (χ0n) is 20.2. The molecule has 1 unspecified atom stereocenters. The fraction of sp³-hybridized carbons (Fsp3) is 0.148. The Bertz CT molecular complexity index is 1670. The van der Waals surface area contributed by atoms with Gasteiger partial charge in [-0.05, 0) is 24.6 Å². The van der Waals surface area contributed by atoms with Crippen LogP contribution >= 0.6 is 22.9 Å². The van der Waals surface area contributed by atoms with E-state index in [9.17, 15) is 23.5 Å².